The molecule has 20 heavy (non-hydrogen) atoms. The van der Waals surface area contributed by atoms with Crippen LogP contribution in [0.5, 0.6) is 0 Å². The Labute approximate surface area is 123 Å². The lowest BCUT2D eigenvalue weighted by Crippen LogP contribution is -2.45. The molecular formula is C13H21N3O3S. The summed E-state index contributed by atoms with van der Waals surface area (Å²) in [5.74, 6) is -0.372. The summed E-state index contributed by atoms with van der Waals surface area (Å²) in [5.41, 5.74) is 0.360. The van der Waals surface area contributed by atoms with Crippen LogP contribution in [0.25, 0.3) is 0 Å². The van der Waals surface area contributed by atoms with Crippen molar-refractivity contribution >= 4 is 22.4 Å². The van der Waals surface area contributed by atoms with Crippen molar-refractivity contribution in [2.45, 2.75) is 20.0 Å². The third-order valence-electron chi connectivity index (χ3n) is 3.14. The fraction of sp³-hybridized carbons (Fsp3) is 0.692. The second-order valence-electron chi connectivity index (χ2n) is 4.53. The van der Waals surface area contributed by atoms with Gasteiger partial charge in [-0.3, -0.25) is 4.90 Å². The molecule has 1 fully saturated rings. The van der Waals surface area contributed by atoms with Crippen molar-refractivity contribution in [1.29, 1.82) is 0 Å². The van der Waals surface area contributed by atoms with E-state index in [0.29, 0.717) is 18.8 Å². The first-order valence-corrected chi connectivity index (χ1v) is 7.81. The Morgan fingerprint density at radius 1 is 1.65 bits per heavy atom. The Morgan fingerprint density at radius 3 is 3.25 bits per heavy atom. The summed E-state index contributed by atoms with van der Waals surface area (Å²) in [5, 5.41) is 5.66. The lowest BCUT2D eigenvalue weighted by Gasteiger charge is -2.32. The average Bonchev–Trinajstić information content (AvgIpc) is 2.94. The Morgan fingerprint density at radius 2 is 2.50 bits per heavy atom. The predicted molar refractivity (Wildman–Crippen MR) is 78.4 cm³/mol. The summed E-state index contributed by atoms with van der Waals surface area (Å²) < 4.78 is 10.6. The zero-order valence-corrected chi connectivity index (χ0v) is 12.7. The third kappa shape index (κ3) is 4.16. The molecule has 2 heterocycles. The van der Waals surface area contributed by atoms with Crippen molar-refractivity contribution in [1.82, 2.24) is 9.88 Å². The summed E-state index contributed by atoms with van der Waals surface area (Å²) in [4.78, 5) is 18.1. The number of nitrogens with zero attached hydrogens (tertiary/aromatic N) is 2. The van der Waals surface area contributed by atoms with E-state index < -0.39 is 0 Å². The van der Waals surface area contributed by atoms with Crippen molar-refractivity contribution in [3.63, 3.8) is 0 Å². The number of hydrogen-bond acceptors (Lipinski definition) is 7. The third-order valence-corrected chi connectivity index (χ3v) is 3.94. The summed E-state index contributed by atoms with van der Waals surface area (Å²) in [6.07, 6.45) is 0.165. The molecule has 1 unspecified atom stereocenters. The van der Waals surface area contributed by atoms with Crippen LogP contribution in [0.15, 0.2) is 5.38 Å². The van der Waals surface area contributed by atoms with Crippen LogP contribution in [0.2, 0.25) is 0 Å². The van der Waals surface area contributed by atoms with Gasteiger partial charge in [-0.2, -0.15) is 0 Å². The Balaban J connectivity index is 1.80. The van der Waals surface area contributed by atoms with E-state index >= 15 is 0 Å². The van der Waals surface area contributed by atoms with E-state index in [1.807, 2.05) is 0 Å². The molecule has 1 aromatic heterocycles. The van der Waals surface area contributed by atoms with Crippen molar-refractivity contribution < 1.29 is 14.3 Å². The van der Waals surface area contributed by atoms with Gasteiger partial charge in [0.15, 0.2) is 10.8 Å². The highest BCUT2D eigenvalue weighted by molar-refractivity contribution is 7.13. The van der Waals surface area contributed by atoms with Gasteiger partial charge in [0.1, 0.15) is 0 Å². The lowest BCUT2D eigenvalue weighted by molar-refractivity contribution is -0.0191. The fourth-order valence-corrected chi connectivity index (χ4v) is 2.74. The number of anilines is 1. The molecule has 0 bridgehead atoms. The fourth-order valence-electron chi connectivity index (χ4n) is 2.05. The summed E-state index contributed by atoms with van der Waals surface area (Å²) in [6, 6.07) is 0. The maximum absolute atomic E-state index is 11.5. The molecule has 6 nitrogen and oxygen atoms in total. The molecule has 0 saturated carbocycles. The van der Waals surface area contributed by atoms with E-state index in [2.05, 4.69) is 22.1 Å². The molecule has 7 heteroatoms. The predicted octanol–water partition coefficient (Wildman–Crippen LogP) is 1.45. The number of thiazole rings is 1. The van der Waals surface area contributed by atoms with Gasteiger partial charge in [-0.1, -0.05) is 6.92 Å². The molecule has 1 aliphatic heterocycles. The standard InChI is InChI=1S/C13H21N3O3S/c1-3-16-5-6-19-10(8-16)7-14-13-15-11(9-20-13)12(17)18-4-2/h9-10H,3-8H2,1-2H3,(H,14,15). The maximum atomic E-state index is 11.5. The van der Waals surface area contributed by atoms with Crippen LogP contribution in [0, 0.1) is 0 Å². The van der Waals surface area contributed by atoms with Crippen LogP contribution in [0.3, 0.4) is 0 Å². The van der Waals surface area contributed by atoms with Crippen LogP contribution in [-0.2, 0) is 9.47 Å². The number of nitrogens with one attached hydrogen (secondary N) is 1. The van der Waals surface area contributed by atoms with Crippen molar-refractivity contribution in [2.24, 2.45) is 0 Å². The van der Waals surface area contributed by atoms with Gasteiger partial charge < -0.3 is 14.8 Å². The number of morpholine rings is 1. The minimum absolute atomic E-state index is 0.165. The Hall–Kier alpha value is -1.18. The number of carbonyl (C=O) groups is 1. The van der Waals surface area contributed by atoms with Crippen LogP contribution < -0.4 is 5.32 Å². The monoisotopic (exact) mass is 299 g/mol. The van der Waals surface area contributed by atoms with E-state index in [1.165, 1.54) is 11.3 Å². The molecule has 1 saturated heterocycles. The molecule has 0 radical (unpaired) electrons. The highest BCUT2D eigenvalue weighted by Crippen LogP contribution is 2.16. The number of aromatic nitrogens is 1. The smallest absolute Gasteiger partial charge is 0.357 e. The SMILES string of the molecule is CCOC(=O)c1csc(NCC2CN(CC)CCO2)n1. The zero-order valence-electron chi connectivity index (χ0n) is 11.9. The zero-order chi connectivity index (χ0) is 14.4. The first-order valence-electron chi connectivity index (χ1n) is 6.93. The molecule has 1 atom stereocenters. The van der Waals surface area contributed by atoms with Gasteiger partial charge in [0.25, 0.3) is 0 Å². The van der Waals surface area contributed by atoms with Gasteiger partial charge in [0.05, 0.1) is 19.3 Å². The number of hydrogen-bond donors (Lipinski definition) is 1. The van der Waals surface area contributed by atoms with E-state index in [4.69, 9.17) is 9.47 Å². The van der Waals surface area contributed by atoms with Crippen molar-refractivity contribution in [3.8, 4) is 0 Å². The Kier molecular flexibility index (Phi) is 5.75. The number of esters is 1. The summed E-state index contributed by atoms with van der Waals surface area (Å²) in [7, 11) is 0. The molecule has 112 valence electrons. The number of carbonyl (C=O) groups excluding carboxylic acids is 1. The van der Waals surface area contributed by atoms with Crippen molar-refractivity contribution in [2.75, 3.05) is 44.7 Å². The van der Waals surface area contributed by atoms with Gasteiger partial charge >= 0.3 is 5.97 Å². The molecule has 0 aliphatic carbocycles. The van der Waals surface area contributed by atoms with E-state index in [-0.39, 0.29) is 12.1 Å². The summed E-state index contributed by atoms with van der Waals surface area (Å²) >= 11 is 1.41. The molecule has 2 rings (SSSR count). The number of rotatable bonds is 6. The van der Waals surface area contributed by atoms with Gasteiger partial charge in [0.2, 0.25) is 0 Å². The minimum Gasteiger partial charge on any atom is -0.461 e. The van der Waals surface area contributed by atoms with E-state index in [9.17, 15) is 4.79 Å². The highest BCUT2D eigenvalue weighted by Gasteiger charge is 2.19. The second-order valence-corrected chi connectivity index (χ2v) is 5.38. The summed E-state index contributed by atoms with van der Waals surface area (Å²) in [6.45, 7) is 8.74. The van der Waals surface area contributed by atoms with Crippen LogP contribution in [0.1, 0.15) is 24.3 Å². The number of ether oxygens (including phenoxy) is 2. The second kappa shape index (κ2) is 7.56. The number of likely N-dealkylation sites (N-methyl/N-ethyl adjacent to an activating group) is 1. The minimum atomic E-state index is -0.372. The van der Waals surface area contributed by atoms with Gasteiger partial charge in [-0.25, -0.2) is 9.78 Å². The Bertz CT molecular complexity index is 438. The van der Waals surface area contributed by atoms with Gasteiger partial charge in [0, 0.05) is 25.0 Å². The first kappa shape index (κ1) is 15.2. The lowest BCUT2D eigenvalue weighted by atomic mass is 10.2. The van der Waals surface area contributed by atoms with Crippen LogP contribution in [-0.4, -0.2) is 61.3 Å². The topological polar surface area (TPSA) is 63.7 Å². The molecule has 1 aliphatic rings. The first-order chi connectivity index (χ1) is 9.72. The van der Waals surface area contributed by atoms with E-state index in [1.54, 1.807) is 12.3 Å². The molecule has 1 N–H and O–H groups in total. The van der Waals surface area contributed by atoms with Gasteiger partial charge in [-0.05, 0) is 13.5 Å². The molecule has 0 amide bonds. The quantitative estimate of drug-likeness (QED) is 0.802. The van der Waals surface area contributed by atoms with Crippen LogP contribution in [0.4, 0.5) is 5.13 Å². The van der Waals surface area contributed by atoms with Gasteiger partial charge in [-0.15, -0.1) is 11.3 Å². The highest BCUT2D eigenvalue weighted by atomic mass is 32.1. The molecule has 0 aromatic carbocycles. The molecule has 0 spiro atoms. The van der Waals surface area contributed by atoms with E-state index in [0.717, 1.165) is 31.4 Å². The van der Waals surface area contributed by atoms with Crippen molar-refractivity contribution in [3.05, 3.63) is 11.1 Å². The largest absolute Gasteiger partial charge is 0.461 e. The average molecular weight is 299 g/mol. The van der Waals surface area contributed by atoms with Crippen LogP contribution >= 0.6 is 11.3 Å². The maximum Gasteiger partial charge on any atom is 0.357 e. The molecule has 1 aromatic rings. The molecular weight excluding hydrogens is 278 g/mol. The normalized spacial score (nSPS) is 19.8.